The Morgan fingerprint density at radius 3 is 2.40 bits per heavy atom. The molecule has 4 rings (SSSR count). The van der Waals surface area contributed by atoms with Crippen LogP contribution in [0.1, 0.15) is 76.4 Å². The number of carbonyl (C=O) groups is 2. The Hall–Kier alpha value is -2.85. The minimum absolute atomic E-state index is 0.0839. The zero-order valence-electron chi connectivity index (χ0n) is 16.9. The van der Waals surface area contributed by atoms with Gasteiger partial charge in [0, 0.05) is 28.9 Å². The van der Waals surface area contributed by atoms with Gasteiger partial charge in [-0.1, -0.05) is 12.8 Å². The highest BCUT2D eigenvalue weighted by atomic mass is 32.2. The third kappa shape index (κ3) is 4.49. The van der Waals surface area contributed by atoms with Gasteiger partial charge >= 0.3 is 0 Å². The molecule has 1 aromatic carbocycles. The molecular weight excluding hydrogens is 396 g/mol. The number of anilines is 1. The molecule has 0 spiro atoms. The van der Waals surface area contributed by atoms with Crippen LogP contribution in [-0.2, 0) is 0 Å². The summed E-state index contributed by atoms with van der Waals surface area (Å²) >= 11 is 1.38. The largest absolute Gasteiger partial charge is 0.349 e. The highest BCUT2D eigenvalue weighted by molar-refractivity contribution is 7.98. The topological polar surface area (TPSA) is 94.9 Å². The average Bonchev–Trinajstić information content (AvgIpc) is 3.50. The van der Waals surface area contributed by atoms with E-state index in [0.29, 0.717) is 33.3 Å². The monoisotopic (exact) mass is 420 g/mol. The van der Waals surface area contributed by atoms with Crippen molar-refractivity contribution >= 4 is 29.3 Å². The van der Waals surface area contributed by atoms with Crippen LogP contribution in [-0.4, -0.2) is 29.1 Å². The fraction of sp³-hybridized carbons (Fsp3) is 0.391. The predicted octanol–water partition coefficient (Wildman–Crippen LogP) is 4.48. The fourth-order valence-corrected chi connectivity index (χ4v) is 4.36. The Bertz CT molecular complexity index is 1000. The van der Waals surface area contributed by atoms with E-state index in [1.807, 2.05) is 6.26 Å². The third-order valence-corrected chi connectivity index (χ3v) is 6.33. The number of rotatable bonds is 6. The first kappa shape index (κ1) is 20.4. The molecule has 0 unspecified atom stereocenters. The van der Waals surface area contributed by atoms with E-state index in [1.54, 1.807) is 30.3 Å². The summed E-state index contributed by atoms with van der Waals surface area (Å²) in [6.45, 7) is 0. The summed E-state index contributed by atoms with van der Waals surface area (Å²) in [5.74, 6) is -0.0403. The van der Waals surface area contributed by atoms with Crippen LogP contribution < -0.4 is 10.6 Å². The van der Waals surface area contributed by atoms with Crippen LogP contribution in [0.3, 0.4) is 0 Å². The van der Waals surface area contributed by atoms with Crippen LogP contribution in [0.25, 0.3) is 0 Å². The molecule has 6 nitrogen and oxygen atoms in total. The van der Waals surface area contributed by atoms with Gasteiger partial charge in [-0.05, 0) is 62.3 Å². The number of amides is 2. The first-order chi connectivity index (χ1) is 14.6. The van der Waals surface area contributed by atoms with Gasteiger partial charge in [-0.3, -0.25) is 9.59 Å². The van der Waals surface area contributed by atoms with Crippen LogP contribution in [0.5, 0.6) is 0 Å². The van der Waals surface area contributed by atoms with Gasteiger partial charge in [-0.15, -0.1) is 11.8 Å². The molecule has 154 valence electrons. The quantitative estimate of drug-likeness (QED) is 0.672. The molecule has 7 heteroatoms. The maximum absolute atomic E-state index is 12.9. The smallest absolute Gasteiger partial charge is 0.257 e. The van der Waals surface area contributed by atoms with Crippen molar-refractivity contribution in [3.63, 3.8) is 0 Å². The second-order valence-electron chi connectivity index (χ2n) is 7.85. The van der Waals surface area contributed by atoms with E-state index in [0.717, 1.165) is 44.2 Å². The number of nitrogens with one attached hydrogen (secondary N) is 2. The van der Waals surface area contributed by atoms with Crippen LogP contribution in [0.4, 0.5) is 5.69 Å². The maximum Gasteiger partial charge on any atom is 0.257 e. The van der Waals surface area contributed by atoms with Crippen LogP contribution in [0, 0.1) is 11.3 Å². The zero-order chi connectivity index (χ0) is 21.1. The summed E-state index contributed by atoms with van der Waals surface area (Å²) in [6, 6.07) is 11.0. The molecule has 2 fully saturated rings. The molecule has 0 saturated heterocycles. The van der Waals surface area contributed by atoms with Crippen molar-refractivity contribution in [1.82, 2.24) is 10.3 Å². The molecule has 2 amide bonds. The lowest BCUT2D eigenvalue weighted by Crippen LogP contribution is -2.32. The van der Waals surface area contributed by atoms with E-state index < -0.39 is 0 Å². The van der Waals surface area contributed by atoms with Crippen molar-refractivity contribution in [2.24, 2.45) is 0 Å². The Morgan fingerprint density at radius 2 is 1.80 bits per heavy atom. The van der Waals surface area contributed by atoms with Crippen LogP contribution >= 0.6 is 11.8 Å². The Labute approximate surface area is 180 Å². The minimum Gasteiger partial charge on any atom is -0.349 e. The van der Waals surface area contributed by atoms with E-state index in [9.17, 15) is 14.9 Å². The van der Waals surface area contributed by atoms with Gasteiger partial charge in [0.05, 0.1) is 11.1 Å². The number of pyridine rings is 1. The molecule has 2 N–H and O–H groups in total. The standard InChI is InChI=1S/C23H24N4O2S/c1-30-23-19(13-24)18(12-20(27-23)14-6-7-14)22(29)26-17-10-8-15(9-11-17)21(28)25-16-4-2-3-5-16/h8-12,14,16H,2-7H2,1H3,(H,25,28)(H,26,29). The fourth-order valence-electron chi connectivity index (χ4n) is 3.81. The van der Waals surface area contributed by atoms with E-state index in [1.165, 1.54) is 11.8 Å². The van der Waals surface area contributed by atoms with Gasteiger partial charge in [0.2, 0.25) is 0 Å². The lowest BCUT2D eigenvalue weighted by atomic mass is 10.1. The normalized spacial score (nSPS) is 16.1. The zero-order valence-corrected chi connectivity index (χ0v) is 17.7. The number of hydrogen-bond acceptors (Lipinski definition) is 5. The summed E-state index contributed by atoms with van der Waals surface area (Å²) < 4.78 is 0. The summed E-state index contributed by atoms with van der Waals surface area (Å²) in [6.07, 6.45) is 8.39. The number of nitriles is 1. The molecule has 0 aliphatic heterocycles. The van der Waals surface area contributed by atoms with Crippen LogP contribution in [0.15, 0.2) is 35.4 Å². The van der Waals surface area contributed by atoms with Gasteiger partial charge in [-0.25, -0.2) is 4.98 Å². The molecule has 2 aromatic rings. The van der Waals surface area contributed by atoms with Crippen molar-refractivity contribution in [3.8, 4) is 6.07 Å². The second kappa shape index (κ2) is 8.88. The number of hydrogen-bond donors (Lipinski definition) is 2. The molecule has 1 aromatic heterocycles. The van der Waals surface area contributed by atoms with E-state index in [-0.39, 0.29) is 17.9 Å². The average molecular weight is 421 g/mol. The van der Waals surface area contributed by atoms with Gasteiger partial charge in [0.1, 0.15) is 11.1 Å². The summed E-state index contributed by atoms with van der Waals surface area (Å²) in [4.78, 5) is 29.9. The number of thioether (sulfide) groups is 1. The van der Waals surface area contributed by atoms with E-state index >= 15 is 0 Å². The second-order valence-corrected chi connectivity index (χ2v) is 8.65. The first-order valence-electron chi connectivity index (χ1n) is 10.3. The molecule has 0 radical (unpaired) electrons. The van der Waals surface area contributed by atoms with Gasteiger partial charge in [-0.2, -0.15) is 5.26 Å². The van der Waals surface area contributed by atoms with Gasteiger partial charge in [0.15, 0.2) is 0 Å². The summed E-state index contributed by atoms with van der Waals surface area (Å²) in [7, 11) is 0. The Morgan fingerprint density at radius 1 is 1.10 bits per heavy atom. The molecule has 1 heterocycles. The summed E-state index contributed by atoms with van der Waals surface area (Å²) in [5, 5.41) is 16.1. The third-order valence-electron chi connectivity index (χ3n) is 5.65. The van der Waals surface area contributed by atoms with Crippen molar-refractivity contribution in [1.29, 1.82) is 5.26 Å². The van der Waals surface area contributed by atoms with Crippen molar-refractivity contribution < 1.29 is 9.59 Å². The molecular formula is C23H24N4O2S. The SMILES string of the molecule is CSc1nc(C2CC2)cc(C(=O)Nc2ccc(C(=O)NC3CCCC3)cc2)c1C#N. The number of benzene rings is 1. The molecule has 2 aliphatic rings. The van der Waals surface area contributed by atoms with E-state index in [2.05, 4.69) is 21.7 Å². The maximum atomic E-state index is 12.9. The highest BCUT2D eigenvalue weighted by Crippen LogP contribution is 2.40. The molecule has 0 bridgehead atoms. The Kier molecular flexibility index (Phi) is 6.05. The molecule has 0 atom stereocenters. The van der Waals surface area contributed by atoms with Gasteiger partial charge in [0.25, 0.3) is 11.8 Å². The predicted molar refractivity (Wildman–Crippen MR) is 117 cm³/mol. The Balaban J connectivity index is 1.49. The van der Waals surface area contributed by atoms with Crippen molar-refractivity contribution in [3.05, 3.63) is 52.7 Å². The first-order valence-corrected chi connectivity index (χ1v) is 11.5. The molecule has 2 aliphatic carbocycles. The number of aromatic nitrogens is 1. The number of carbonyl (C=O) groups excluding carboxylic acids is 2. The lowest BCUT2D eigenvalue weighted by molar-refractivity contribution is 0.0937. The van der Waals surface area contributed by atoms with Crippen LogP contribution in [0.2, 0.25) is 0 Å². The van der Waals surface area contributed by atoms with E-state index in [4.69, 9.17) is 0 Å². The van der Waals surface area contributed by atoms with Gasteiger partial charge < -0.3 is 10.6 Å². The molecule has 30 heavy (non-hydrogen) atoms. The molecule has 2 saturated carbocycles. The summed E-state index contributed by atoms with van der Waals surface area (Å²) in [5.41, 5.74) is 2.68. The minimum atomic E-state index is -0.339. The lowest BCUT2D eigenvalue weighted by Gasteiger charge is -2.13. The van der Waals surface area contributed by atoms with Crippen molar-refractivity contribution in [2.45, 2.75) is 55.5 Å². The highest BCUT2D eigenvalue weighted by Gasteiger charge is 2.28. The van der Waals surface area contributed by atoms with Crippen molar-refractivity contribution in [2.75, 3.05) is 11.6 Å². The number of nitrogens with zero attached hydrogens (tertiary/aromatic N) is 2.